The number of rotatable bonds is 3. The van der Waals surface area contributed by atoms with Gasteiger partial charge in [0.2, 0.25) is 0 Å². The van der Waals surface area contributed by atoms with E-state index in [2.05, 4.69) is 22.1 Å². The molecule has 5 heteroatoms. The lowest BCUT2D eigenvalue weighted by molar-refractivity contribution is -0.0401. The van der Waals surface area contributed by atoms with E-state index >= 15 is 0 Å². The Morgan fingerprint density at radius 1 is 1.67 bits per heavy atom. The number of morpholine rings is 1. The van der Waals surface area contributed by atoms with E-state index in [1.165, 1.54) is 13.0 Å². The zero-order valence-corrected chi connectivity index (χ0v) is 11.7. The van der Waals surface area contributed by atoms with Crippen molar-refractivity contribution in [3.8, 4) is 0 Å². The fourth-order valence-corrected chi connectivity index (χ4v) is 3.61. The summed E-state index contributed by atoms with van der Waals surface area (Å²) in [5.41, 5.74) is 0.435. The summed E-state index contributed by atoms with van der Waals surface area (Å²) in [6.45, 7) is 8.74. The highest BCUT2D eigenvalue weighted by Gasteiger charge is 2.33. The number of thiazole rings is 1. The van der Waals surface area contributed by atoms with Crippen molar-refractivity contribution < 1.29 is 4.74 Å². The van der Waals surface area contributed by atoms with Crippen LogP contribution in [0.1, 0.15) is 24.5 Å². The van der Waals surface area contributed by atoms with Crippen LogP contribution in [0.4, 0.5) is 0 Å². The Morgan fingerprint density at radius 2 is 2.61 bits per heavy atom. The van der Waals surface area contributed by atoms with Gasteiger partial charge in [-0.1, -0.05) is 6.92 Å². The van der Waals surface area contributed by atoms with Gasteiger partial charge in [-0.3, -0.25) is 4.90 Å². The molecule has 100 valence electrons. The first-order chi connectivity index (χ1) is 8.75. The largest absolute Gasteiger partial charge is 0.368 e. The second-order valence-electron chi connectivity index (χ2n) is 5.70. The predicted octanol–water partition coefficient (Wildman–Crippen LogP) is 1.52. The molecule has 0 amide bonds. The topological polar surface area (TPSA) is 37.4 Å². The van der Waals surface area contributed by atoms with Crippen LogP contribution in [0.25, 0.3) is 0 Å². The molecule has 3 rings (SSSR count). The maximum absolute atomic E-state index is 5.84. The Morgan fingerprint density at radius 3 is 3.33 bits per heavy atom. The molecule has 1 N–H and O–H groups in total. The Labute approximate surface area is 112 Å². The second-order valence-corrected chi connectivity index (χ2v) is 6.63. The second kappa shape index (κ2) is 5.25. The van der Waals surface area contributed by atoms with Gasteiger partial charge in [0, 0.05) is 37.8 Å². The Hall–Kier alpha value is -0.490. The zero-order chi connectivity index (χ0) is 12.4. The number of nitrogens with one attached hydrogen (secondary N) is 1. The molecule has 2 fully saturated rings. The molecule has 4 nitrogen and oxygen atoms in total. The lowest BCUT2D eigenvalue weighted by Gasteiger charge is -2.37. The van der Waals surface area contributed by atoms with Crippen molar-refractivity contribution in [2.24, 2.45) is 5.41 Å². The number of aromatic nitrogens is 1. The first-order valence-electron chi connectivity index (χ1n) is 6.69. The van der Waals surface area contributed by atoms with Crippen LogP contribution >= 0.6 is 11.3 Å². The summed E-state index contributed by atoms with van der Waals surface area (Å²) in [6.07, 6.45) is 3.33. The number of ether oxygens (including phenoxy) is 1. The van der Waals surface area contributed by atoms with Crippen LogP contribution in [0.2, 0.25) is 0 Å². The number of nitrogens with zero attached hydrogens (tertiary/aromatic N) is 2. The predicted molar refractivity (Wildman–Crippen MR) is 72.8 cm³/mol. The van der Waals surface area contributed by atoms with Gasteiger partial charge >= 0.3 is 0 Å². The van der Waals surface area contributed by atoms with E-state index < -0.39 is 0 Å². The van der Waals surface area contributed by atoms with E-state index in [-0.39, 0.29) is 6.10 Å². The van der Waals surface area contributed by atoms with Crippen LogP contribution in [-0.2, 0) is 4.74 Å². The molecule has 0 spiro atoms. The minimum atomic E-state index is 0.178. The van der Waals surface area contributed by atoms with E-state index in [9.17, 15) is 0 Å². The highest BCUT2D eigenvalue weighted by molar-refractivity contribution is 7.09. The molecule has 0 saturated carbocycles. The van der Waals surface area contributed by atoms with Crippen molar-refractivity contribution in [1.82, 2.24) is 15.2 Å². The van der Waals surface area contributed by atoms with Gasteiger partial charge in [0.15, 0.2) is 0 Å². The van der Waals surface area contributed by atoms with Gasteiger partial charge in [-0.15, -0.1) is 11.3 Å². The SMILES string of the molecule is CC1(CN2CCOC(c3nccs3)C2)CCNC1. The molecular weight excluding hydrogens is 246 g/mol. The Bertz CT molecular complexity index is 376. The van der Waals surface area contributed by atoms with E-state index in [1.807, 2.05) is 11.6 Å². The molecule has 2 aliphatic heterocycles. The third-order valence-electron chi connectivity index (χ3n) is 3.94. The molecule has 0 bridgehead atoms. The van der Waals surface area contributed by atoms with Crippen LogP contribution in [-0.4, -0.2) is 49.2 Å². The third kappa shape index (κ3) is 2.74. The highest BCUT2D eigenvalue weighted by Crippen LogP contribution is 2.29. The average molecular weight is 267 g/mol. The summed E-state index contributed by atoms with van der Waals surface area (Å²) in [5.74, 6) is 0. The molecule has 0 aromatic carbocycles. The molecule has 0 radical (unpaired) electrons. The molecule has 1 aromatic rings. The molecule has 1 aromatic heterocycles. The lowest BCUT2D eigenvalue weighted by atomic mass is 9.89. The van der Waals surface area contributed by atoms with Gasteiger partial charge in [-0.2, -0.15) is 0 Å². The monoisotopic (exact) mass is 267 g/mol. The van der Waals surface area contributed by atoms with Crippen molar-refractivity contribution in [2.45, 2.75) is 19.4 Å². The van der Waals surface area contributed by atoms with Crippen LogP contribution in [0, 0.1) is 5.41 Å². The first kappa shape index (κ1) is 12.5. The molecule has 18 heavy (non-hydrogen) atoms. The quantitative estimate of drug-likeness (QED) is 0.901. The minimum Gasteiger partial charge on any atom is -0.368 e. The summed E-state index contributed by atoms with van der Waals surface area (Å²) in [7, 11) is 0. The normalized spacial score (nSPS) is 33.9. The number of hydrogen-bond donors (Lipinski definition) is 1. The highest BCUT2D eigenvalue weighted by atomic mass is 32.1. The van der Waals surface area contributed by atoms with Crippen LogP contribution < -0.4 is 5.32 Å². The van der Waals surface area contributed by atoms with Crippen LogP contribution in [0.5, 0.6) is 0 Å². The average Bonchev–Trinajstić information content (AvgIpc) is 3.01. The first-order valence-corrected chi connectivity index (χ1v) is 7.57. The molecule has 0 aliphatic carbocycles. The minimum absolute atomic E-state index is 0.178. The van der Waals surface area contributed by atoms with Crippen molar-refractivity contribution >= 4 is 11.3 Å². The fraction of sp³-hybridized carbons (Fsp3) is 0.769. The summed E-state index contributed by atoms with van der Waals surface area (Å²) in [5, 5.41) is 6.62. The van der Waals surface area contributed by atoms with Crippen molar-refractivity contribution in [3.63, 3.8) is 0 Å². The molecule has 3 heterocycles. The van der Waals surface area contributed by atoms with Gasteiger partial charge in [0.25, 0.3) is 0 Å². The molecular formula is C13H21N3OS. The lowest BCUT2D eigenvalue weighted by Crippen LogP contribution is -2.44. The standard InChI is InChI=1S/C13H21N3OS/c1-13(2-3-14-9-13)10-16-5-6-17-11(8-16)12-15-4-7-18-12/h4,7,11,14H,2-3,5-6,8-10H2,1H3. The van der Waals surface area contributed by atoms with E-state index in [0.717, 1.165) is 37.8 Å². The van der Waals surface area contributed by atoms with Gasteiger partial charge in [0.1, 0.15) is 11.1 Å². The third-order valence-corrected chi connectivity index (χ3v) is 4.81. The van der Waals surface area contributed by atoms with Crippen LogP contribution in [0.3, 0.4) is 0 Å². The Balaban J connectivity index is 1.60. The van der Waals surface area contributed by atoms with Gasteiger partial charge in [0.05, 0.1) is 6.61 Å². The van der Waals surface area contributed by atoms with Crippen molar-refractivity contribution in [1.29, 1.82) is 0 Å². The van der Waals surface area contributed by atoms with Gasteiger partial charge in [-0.05, 0) is 18.4 Å². The Kier molecular flexibility index (Phi) is 3.66. The zero-order valence-electron chi connectivity index (χ0n) is 10.9. The molecule has 2 unspecified atom stereocenters. The molecule has 2 saturated heterocycles. The summed E-state index contributed by atoms with van der Waals surface area (Å²) < 4.78 is 5.84. The van der Waals surface area contributed by atoms with Crippen LogP contribution in [0.15, 0.2) is 11.6 Å². The fourth-order valence-electron chi connectivity index (χ4n) is 2.93. The molecule has 2 atom stereocenters. The smallest absolute Gasteiger partial charge is 0.123 e. The molecule has 2 aliphatic rings. The van der Waals surface area contributed by atoms with Crippen molar-refractivity contribution in [3.05, 3.63) is 16.6 Å². The summed E-state index contributed by atoms with van der Waals surface area (Å²) in [4.78, 5) is 6.92. The van der Waals surface area contributed by atoms with E-state index in [0.29, 0.717) is 5.41 Å². The summed E-state index contributed by atoms with van der Waals surface area (Å²) >= 11 is 1.70. The maximum atomic E-state index is 5.84. The van der Waals surface area contributed by atoms with E-state index in [4.69, 9.17) is 4.74 Å². The van der Waals surface area contributed by atoms with Gasteiger partial charge in [-0.25, -0.2) is 4.98 Å². The maximum Gasteiger partial charge on any atom is 0.123 e. The van der Waals surface area contributed by atoms with E-state index in [1.54, 1.807) is 11.3 Å². The number of hydrogen-bond acceptors (Lipinski definition) is 5. The summed E-state index contributed by atoms with van der Waals surface area (Å²) in [6, 6.07) is 0. The van der Waals surface area contributed by atoms with Crippen molar-refractivity contribution in [2.75, 3.05) is 39.3 Å². The van der Waals surface area contributed by atoms with Gasteiger partial charge < -0.3 is 10.1 Å².